The number of aromatic nitrogens is 1. The number of nitrogens with zero attached hydrogens (tertiary/aromatic N) is 2. The number of rotatable bonds is 3. The Morgan fingerprint density at radius 3 is 3.17 bits per heavy atom. The number of fused-ring (bicyclic) bond motifs is 1. The maximum absolute atomic E-state index is 12.1. The van der Waals surface area contributed by atoms with Crippen molar-refractivity contribution in [3.63, 3.8) is 0 Å². The van der Waals surface area contributed by atoms with Crippen molar-refractivity contribution in [1.29, 1.82) is 0 Å². The molecule has 1 aromatic heterocycles. The highest BCUT2D eigenvalue weighted by atomic mass is 32.1. The van der Waals surface area contributed by atoms with Crippen LogP contribution in [0.3, 0.4) is 0 Å². The number of nitrogens with one attached hydrogen (secondary N) is 1. The zero-order valence-corrected chi connectivity index (χ0v) is 10.6. The van der Waals surface area contributed by atoms with Crippen LogP contribution in [0.25, 0.3) is 0 Å². The van der Waals surface area contributed by atoms with Gasteiger partial charge in [0.25, 0.3) is 0 Å². The van der Waals surface area contributed by atoms with Crippen LogP contribution in [0.2, 0.25) is 0 Å². The van der Waals surface area contributed by atoms with E-state index in [-0.39, 0.29) is 5.91 Å². The summed E-state index contributed by atoms with van der Waals surface area (Å²) in [7, 11) is 0. The van der Waals surface area contributed by atoms with Gasteiger partial charge in [0.05, 0.1) is 6.54 Å². The summed E-state index contributed by atoms with van der Waals surface area (Å²) in [5, 5.41) is 5.72. The van der Waals surface area contributed by atoms with Crippen molar-refractivity contribution in [2.75, 3.05) is 23.3 Å². The van der Waals surface area contributed by atoms with E-state index in [2.05, 4.69) is 16.4 Å². The first-order valence-corrected chi connectivity index (χ1v) is 6.74. The van der Waals surface area contributed by atoms with Gasteiger partial charge >= 0.3 is 0 Å². The molecule has 0 bridgehead atoms. The smallest absolute Gasteiger partial charge is 0.246 e. The van der Waals surface area contributed by atoms with E-state index in [1.54, 1.807) is 6.20 Å². The Labute approximate surface area is 109 Å². The second-order valence-corrected chi connectivity index (χ2v) is 5.01. The van der Waals surface area contributed by atoms with Gasteiger partial charge in [0.15, 0.2) is 5.13 Å². The quantitative estimate of drug-likeness (QED) is 0.918. The second-order valence-electron chi connectivity index (χ2n) is 4.11. The molecule has 1 aromatic carbocycles. The summed E-state index contributed by atoms with van der Waals surface area (Å²) in [4.78, 5) is 18.1. The Hall–Kier alpha value is -1.88. The standard InChI is InChI=1S/C13H13N3OS/c17-12(9-15-13-14-6-8-18-13)16-7-5-10-3-1-2-4-11(10)16/h1-4,6,8H,5,7,9H2,(H,14,15). The molecule has 0 saturated carbocycles. The van der Waals surface area contributed by atoms with Crippen LogP contribution in [0.4, 0.5) is 10.8 Å². The zero-order chi connectivity index (χ0) is 12.4. The lowest BCUT2D eigenvalue weighted by molar-refractivity contribution is -0.116. The molecule has 18 heavy (non-hydrogen) atoms. The topological polar surface area (TPSA) is 45.2 Å². The summed E-state index contributed by atoms with van der Waals surface area (Å²) < 4.78 is 0. The van der Waals surface area contributed by atoms with E-state index < -0.39 is 0 Å². The number of amides is 1. The normalized spacial score (nSPS) is 13.4. The van der Waals surface area contributed by atoms with Crippen molar-refractivity contribution < 1.29 is 4.79 Å². The van der Waals surface area contributed by atoms with Crippen LogP contribution in [0.5, 0.6) is 0 Å². The molecule has 1 aliphatic rings. The molecule has 0 aliphatic carbocycles. The van der Waals surface area contributed by atoms with Gasteiger partial charge in [-0.3, -0.25) is 4.79 Å². The number of benzene rings is 1. The van der Waals surface area contributed by atoms with Gasteiger partial charge in [-0.25, -0.2) is 4.98 Å². The molecular weight excluding hydrogens is 246 g/mol. The molecule has 2 aromatic rings. The lowest BCUT2D eigenvalue weighted by Gasteiger charge is -2.17. The Bertz CT molecular complexity index is 553. The molecule has 1 amide bonds. The number of hydrogen-bond donors (Lipinski definition) is 1. The highest BCUT2D eigenvalue weighted by Crippen LogP contribution is 2.27. The minimum Gasteiger partial charge on any atom is -0.352 e. The molecule has 0 radical (unpaired) electrons. The van der Waals surface area contributed by atoms with Gasteiger partial charge in [-0.1, -0.05) is 18.2 Å². The molecule has 0 atom stereocenters. The van der Waals surface area contributed by atoms with E-state index in [1.165, 1.54) is 16.9 Å². The van der Waals surface area contributed by atoms with Gasteiger partial charge in [-0.15, -0.1) is 11.3 Å². The third-order valence-corrected chi connectivity index (χ3v) is 3.74. The predicted octanol–water partition coefficient (Wildman–Crippen LogP) is 2.14. The number of thiazole rings is 1. The number of para-hydroxylation sites is 1. The average molecular weight is 259 g/mol. The summed E-state index contributed by atoms with van der Waals surface area (Å²) in [6, 6.07) is 8.07. The van der Waals surface area contributed by atoms with E-state index >= 15 is 0 Å². The Morgan fingerprint density at radius 2 is 2.33 bits per heavy atom. The molecule has 0 fully saturated rings. The van der Waals surface area contributed by atoms with Gasteiger partial charge < -0.3 is 10.2 Å². The summed E-state index contributed by atoms with van der Waals surface area (Å²) in [5.74, 6) is 0.0927. The van der Waals surface area contributed by atoms with Gasteiger partial charge in [0, 0.05) is 23.8 Å². The molecule has 0 saturated heterocycles. The molecule has 0 spiro atoms. The first kappa shape index (κ1) is 11.2. The first-order valence-electron chi connectivity index (χ1n) is 5.86. The average Bonchev–Trinajstić information content (AvgIpc) is 3.05. The number of hydrogen-bond acceptors (Lipinski definition) is 4. The van der Waals surface area contributed by atoms with Gasteiger partial charge in [-0.2, -0.15) is 0 Å². The van der Waals surface area contributed by atoms with Crippen LogP contribution in [0.1, 0.15) is 5.56 Å². The lowest BCUT2D eigenvalue weighted by Crippen LogP contribution is -2.34. The van der Waals surface area contributed by atoms with Crippen LogP contribution < -0.4 is 10.2 Å². The van der Waals surface area contributed by atoms with Crippen LogP contribution in [0, 0.1) is 0 Å². The molecule has 1 aliphatic heterocycles. The Morgan fingerprint density at radius 1 is 1.44 bits per heavy atom. The summed E-state index contributed by atoms with van der Waals surface area (Å²) in [5.41, 5.74) is 2.29. The SMILES string of the molecule is O=C(CNc1nccs1)N1CCc2ccccc21. The van der Waals surface area contributed by atoms with E-state index in [0.717, 1.165) is 23.8 Å². The molecular formula is C13H13N3OS. The van der Waals surface area contributed by atoms with Crippen LogP contribution >= 0.6 is 11.3 Å². The number of carbonyl (C=O) groups is 1. The van der Waals surface area contributed by atoms with Gasteiger partial charge in [0.1, 0.15) is 0 Å². The maximum atomic E-state index is 12.1. The summed E-state index contributed by atoms with van der Waals surface area (Å²) >= 11 is 1.50. The maximum Gasteiger partial charge on any atom is 0.246 e. The lowest BCUT2D eigenvalue weighted by atomic mass is 10.2. The van der Waals surface area contributed by atoms with Crippen LogP contribution in [-0.4, -0.2) is 24.0 Å². The molecule has 0 unspecified atom stereocenters. The summed E-state index contributed by atoms with van der Waals surface area (Å²) in [6.07, 6.45) is 2.67. The Balaban J connectivity index is 1.67. The highest BCUT2D eigenvalue weighted by Gasteiger charge is 2.23. The van der Waals surface area contributed by atoms with Gasteiger partial charge in [0.2, 0.25) is 5.91 Å². The molecule has 5 heteroatoms. The third-order valence-electron chi connectivity index (χ3n) is 3.01. The third kappa shape index (κ3) is 2.09. The van der Waals surface area contributed by atoms with Crippen molar-refractivity contribution in [2.24, 2.45) is 0 Å². The van der Waals surface area contributed by atoms with Crippen LogP contribution in [0.15, 0.2) is 35.8 Å². The predicted molar refractivity (Wildman–Crippen MR) is 73.1 cm³/mol. The second kappa shape index (κ2) is 4.78. The van der Waals surface area contributed by atoms with Gasteiger partial charge in [-0.05, 0) is 18.1 Å². The van der Waals surface area contributed by atoms with E-state index in [9.17, 15) is 4.79 Å². The molecule has 4 nitrogen and oxygen atoms in total. The number of carbonyl (C=O) groups excluding carboxylic acids is 1. The zero-order valence-electron chi connectivity index (χ0n) is 9.80. The van der Waals surface area contributed by atoms with E-state index in [0.29, 0.717) is 6.54 Å². The van der Waals surface area contributed by atoms with Crippen molar-refractivity contribution in [3.05, 3.63) is 41.4 Å². The van der Waals surface area contributed by atoms with Crippen molar-refractivity contribution in [1.82, 2.24) is 4.98 Å². The minimum atomic E-state index is 0.0927. The fourth-order valence-corrected chi connectivity index (χ4v) is 2.68. The fraction of sp³-hybridized carbons (Fsp3) is 0.231. The monoisotopic (exact) mass is 259 g/mol. The number of anilines is 2. The molecule has 92 valence electrons. The molecule has 1 N–H and O–H groups in total. The molecule has 2 heterocycles. The highest BCUT2D eigenvalue weighted by molar-refractivity contribution is 7.13. The fourth-order valence-electron chi connectivity index (χ4n) is 2.15. The van der Waals surface area contributed by atoms with Crippen molar-refractivity contribution >= 4 is 28.1 Å². The largest absolute Gasteiger partial charge is 0.352 e. The van der Waals surface area contributed by atoms with Crippen molar-refractivity contribution in [3.8, 4) is 0 Å². The summed E-state index contributed by atoms with van der Waals surface area (Å²) in [6.45, 7) is 1.07. The minimum absolute atomic E-state index is 0.0927. The van der Waals surface area contributed by atoms with E-state index in [4.69, 9.17) is 0 Å². The first-order chi connectivity index (χ1) is 8.84. The van der Waals surface area contributed by atoms with Crippen molar-refractivity contribution in [2.45, 2.75) is 6.42 Å². The van der Waals surface area contributed by atoms with E-state index in [1.807, 2.05) is 28.5 Å². The van der Waals surface area contributed by atoms with Crippen LogP contribution in [-0.2, 0) is 11.2 Å². The molecule has 3 rings (SSSR count). The Kier molecular flexibility index (Phi) is 2.98.